The van der Waals surface area contributed by atoms with Crippen molar-refractivity contribution in [3.63, 3.8) is 0 Å². The highest BCUT2D eigenvalue weighted by molar-refractivity contribution is 6.30. The van der Waals surface area contributed by atoms with Gasteiger partial charge in [-0.1, -0.05) is 17.7 Å². The molecule has 0 radical (unpaired) electrons. The molecule has 7 nitrogen and oxygen atoms in total. The van der Waals surface area contributed by atoms with Gasteiger partial charge < -0.3 is 10.3 Å². The molecule has 4 aromatic heterocycles. The Morgan fingerprint density at radius 3 is 3.04 bits per heavy atom. The van der Waals surface area contributed by atoms with Crippen molar-refractivity contribution in [1.29, 1.82) is 0 Å². The Balaban J connectivity index is 1.48. The number of anilines is 1. The van der Waals surface area contributed by atoms with Crippen molar-refractivity contribution in [3.05, 3.63) is 71.5 Å². The third kappa shape index (κ3) is 3.36. The van der Waals surface area contributed by atoms with Crippen molar-refractivity contribution in [3.8, 4) is 0 Å². The molecule has 0 unspecified atom stereocenters. The maximum atomic E-state index is 12.4. The Morgan fingerprint density at radius 1 is 1.28 bits per heavy atom. The fraction of sp³-hybridized carbons (Fsp3) is 0.0588. The predicted molar refractivity (Wildman–Crippen MR) is 94.6 cm³/mol. The van der Waals surface area contributed by atoms with Gasteiger partial charge in [0, 0.05) is 30.0 Å². The van der Waals surface area contributed by atoms with E-state index in [0.29, 0.717) is 23.2 Å². The van der Waals surface area contributed by atoms with Gasteiger partial charge in [0.2, 0.25) is 0 Å². The molecule has 124 valence electrons. The minimum Gasteiger partial charge on any atom is -0.349 e. The second-order valence-corrected chi connectivity index (χ2v) is 5.88. The van der Waals surface area contributed by atoms with Crippen LogP contribution in [0.4, 0.5) is 5.82 Å². The number of amides is 1. The lowest BCUT2D eigenvalue weighted by molar-refractivity contribution is 0.102. The number of nitrogens with zero attached hydrogens (tertiary/aromatic N) is 4. The number of aromatic nitrogens is 5. The quantitative estimate of drug-likeness (QED) is 0.552. The van der Waals surface area contributed by atoms with Crippen LogP contribution < -0.4 is 5.32 Å². The largest absolute Gasteiger partial charge is 0.349 e. The van der Waals surface area contributed by atoms with E-state index in [1.54, 1.807) is 47.7 Å². The molecule has 25 heavy (non-hydrogen) atoms. The number of aromatic amines is 1. The molecule has 0 saturated heterocycles. The second-order valence-electron chi connectivity index (χ2n) is 5.49. The van der Waals surface area contributed by atoms with E-state index in [1.165, 1.54) is 0 Å². The molecule has 0 spiro atoms. The molecular weight excluding hydrogens is 340 g/mol. The van der Waals surface area contributed by atoms with E-state index in [0.717, 1.165) is 16.5 Å². The molecule has 4 rings (SSSR count). The highest BCUT2D eigenvalue weighted by Crippen LogP contribution is 2.18. The Kier molecular flexibility index (Phi) is 3.91. The lowest BCUT2D eigenvalue weighted by atomic mass is 10.3. The fourth-order valence-electron chi connectivity index (χ4n) is 2.51. The standard InChI is InChI=1S/C17H13ClN6O/c18-15-7-12-6-13(21-14(12)9-20-15)17(25)22-16-3-5-24(23-16)10-11-2-1-4-19-8-11/h1-9,21H,10H2,(H,22,23,25). The van der Waals surface area contributed by atoms with Crippen molar-refractivity contribution in [2.75, 3.05) is 5.32 Å². The molecule has 8 heteroatoms. The maximum absolute atomic E-state index is 12.4. The summed E-state index contributed by atoms with van der Waals surface area (Å²) in [5.74, 6) is 0.197. The normalized spacial score (nSPS) is 10.9. The third-order valence-corrected chi connectivity index (χ3v) is 3.87. The van der Waals surface area contributed by atoms with Crippen LogP contribution in [0, 0.1) is 0 Å². The molecule has 0 aromatic carbocycles. The number of fused-ring (bicyclic) bond motifs is 1. The number of carbonyl (C=O) groups excluding carboxylic acids is 1. The smallest absolute Gasteiger partial charge is 0.273 e. The van der Waals surface area contributed by atoms with Crippen LogP contribution in [0.3, 0.4) is 0 Å². The van der Waals surface area contributed by atoms with Crippen molar-refractivity contribution in [2.45, 2.75) is 6.54 Å². The second kappa shape index (κ2) is 6.37. The van der Waals surface area contributed by atoms with E-state index >= 15 is 0 Å². The Morgan fingerprint density at radius 2 is 2.20 bits per heavy atom. The molecule has 0 aliphatic rings. The summed E-state index contributed by atoms with van der Waals surface area (Å²) in [7, 11) is 0. The van der Waals surface area contributed by atoms with Gasteiger partial charge in [-0.25, -0.2) is 4.98 Å². The van der Waals surface area contributed by atoms with Crippen LogP contribution in [0.15, 0.2) is 55.1 Å². The average molecular weight is 353 g/mol. The van der Waals surface area contributed by atoms with Gasteiger partial charge >= 0.3 is 0 Å². The van der Waals surface area contributed by atoms with Gasteiger partial charge in [0.25, 0.3) is 5.91 Å². The van der Waals surface area contributed by atoms with E-state index in [1.807, 2.05) is 12.1 Å². The number of rotatable bonds is 4. The Bertz CT molecular complexity index is 1040. The van der Waals surface area contributed by atoms with Gasteiger partial charge in [0.1, 0.15) is 10.8 Å². The van der Waals surface area contributed by atoms with E-state index in [2.05, 4.69) is 25.4 Å². The van der Waals surface area contributed by atoms with Crippen molar-refractivity contribution in [2.24, 2.45) is 0 Å². The summed E-state index contributed by atoms with van der Waals surface area (Å²) in [6, 6.07) is 9.02. The number of hydrogen-bond acceptors (Lipinski definition) is 4. The molecule has 2 N–H and O–H groups in total. The van der Waals surface area contributed by atoms with E-state index in [9.17, 15) is 4.79 Å². The molecule has 0 aliphatic carbocycles. The van der Waals surface area contributed by atoms with Gasteiger partial charge in [0.05, 0.1) is 18.3 Å². The molecule has 4 heterocycles. The van der Waals surface area contributed by atoms with Crippen molar-refractivity contribution < 1.29 is 4.79 Å². The number of halogens is 1. The zero-order valence-electron chi connectivity index (χ0n) is 13.0. The summed E-state index contributed by atoms with van der Waals surface area (Å²) < 4.78 is 1.74. The third-order valence-electron chi connectivity index (χ3n) is 3.67. The molecule has 1 amide bonds. The molecule has 0 saturated carbocycles. The van der Waals surface area contributed by atoms with Gasteiger partial charge in [-0.2, -0.15) is 5.10 Å². The van der Waals surface area contributed by atoms with Crippen LogP contribution in [0.25, 0.3) is 10.9 Å². The summed E-state index contributed by atoms with van der Waals surface area (Å²) in [6.07, 6.45) is 6.90. The number of H-pyrrole nitrogens is 1. The number of nitrogens with one attached hydrogen (secondary N) is 2. The molecule has 4 aromatic rings. The first-order valence-electron chi connectivity index (χ1n) is 7.55. The fourth-order valence-corrected chi connectivity index (χ4v) is 2.67. The van der Waals surface area contributed by atoms with Crippen LogP contribution in [-0.2, 0) is 6.54 Å². The zero-order valence-corrected chi connectivity index (χ0v) is 13.7. The highest BCUT2D eigenvalue weighted by Gasteiger charge is 2.12. The van der Waals surface area contributed by atoms with E-state index in [-0.39, 0.29) is 5.91 Å². The maximum Gasteiger partial charge on any atom is 0.273 e. The molecule has 0 bridgehead atoms. The Hall–Kier alpha value is -3.19. The lowest BCUT2D eigenvalue weighted by Gasteiger charge is -2.01. The van der Waals surface area contributed by atoms with Gasteiger partial charge in [0.15, 0.2) is 5.82 Å². The summed E-state index contributed by atoms with van der Waals surface area (Å²) in [5, 5.41) is 8.33. The molecule has 0 atom stereocenters. The number of hydrogen-bond donors (Lipinski definition) is 2. The number of carbonyl (C=O) groups is 1. The summed E-state index contributed by atoms with van der Waals surface area (Å²) in [4.78, 5) is 23.5. The van der Waals surface area contributed by atoms with Gasteiger partial charge in [-0.05, 0) is 23.8 Å². The van der Waals surface area contributed by atoms with Crippen LogP contribution in [-0.4, -0.2) is 30.6 Å². The Labute approximate surface area is 147 Å². The first-order valence-corrected chi connectivity index (χ1v) is 7.93. The topological polar surface area (TPSA) is 88.5 Å². The van der Waals surface area contributed by atoms with Crippen molar-refractivity contribution in [1.82, 2.24) is 24.7 Å². The van der Waals surface area contributed by atoms with Crippen LogP contribution in [0.1, 0.15) is 16.1 Å². The summed E-state index contributed by atoms with van der Waals surface area (Å²) in [6.45, 7) is 0.584. The van der Waals surface area contributed by atoms with Crippen LogP contribution in [0.5, 0.6) is 0 Å². The lowest BCUT2D eigenvalue weighted by Crippen LogP contribution is -2.13. The first-order chi connectivity index (χ1) is 12.2. The molecule has 0 aliphatic heterocycles. The summed E-state index contributed by atoms with van der Waals surface area (Å²) >= 11 is 5.86. The average Bonchev–Trinajstić information content (AvgIpc) is 3.22. The molecular formula is C17H13ClN6O. The SMILES string of the molecule is O=C(Nc1ccn(Cc2cccnc2)n1)c1cc2cc(Cl)ncc2[nH]1. The first kappa shape index (κ1) is 15.3. The van der Waals surface area contributed by atoms with E-state index < -0.39 is 0 Å². The highest BCUT2D eigenvalue weighted by atomic mass is 35.5. The monoisotopic (exact) mass is 352 g/mol. The van der Waals surface area contributed by atoms with Crippen molar-refractivity contribution >= 4 is 34.2 Å². The van der Waals surface area contributed by atoms with Crippen LogP contribution >= 0.6 is 11.6 Å². The number of pyridine rings is 2. The molecule has 0 fully saturated rings. The van der Waals surface area contributed by atoms with Crippen LogP contribution in [0.2, 0.25) is 5.15 Å². The van der Waals surface area contributed by atoms with Gasteiger partial charge in [-0.15, -0.1) is 0 Å². The summed E-state index contributed by atoms with van der Waals surface area (Å²) in [5.41, 5.74) is 2.20. The van der Waals surface area contributed by atoms with Gasteiger partial charge in [-0.3, -0.25) is 14.5 Å². The predicted octanol–water partition coefficient (Wildman–Crippen LogP) is 3.11. The minimum absolute atomic E-state index is 0.279. The zero-order chi connectivity index (χ0) is 17.2. The minimum atomic E-state index is -0.279. The van der Waals surface area contributed by atoms with E-state index in [4.69, 9.17) is 11.6 Å².